The van der Waals surface area contributed by atoms with Gasteiger partial charge in [0.25, 0.3) is 0 Å². The van der Waals surface area contributed by atoms with E-state index in [9.17, 15) is 9.59 Å². The van der Waals surface area contributed by atoms with Gasteiger partial charge in [-0.2, -0.15) is 0 Å². The Hall–Kier alpha value is -3.56. The molecule has 0 atom stereocenters. The highest BCUT2D eigenvalue weighted by Crippen LogP contribution is 2.28. The van der Waals surface area contributed by atoms with Gasteiger partial charge in [0.15, 0.2) is 11.5 Å². The van der Waals surface area contributed by atoms with Gasteiger partial charge < -0.3 is 29.3 Å². The Morgan fingerprint density at radius 1 is 0.921 bits per heavy atom. The predicted molar refractivity (Wildman–Crippen MR) is 151 cm³/mol. The second kappa shape index (κ2) is 15.0. The van der Waals surface area contributed by atoms with Crippen LogP contribution in [0.15, 0.2) is 60.0 Å². The largest absolute Gasteiger partial charge is 0.493 e. The number of thiophene rings is 1. The lowest BCUT2D eigenvalue weighted by Crippen LogP contribution is -2.45. The van der Waals surface area contributed by atoms with Gasteiger partial charge in [0.2, 0.25) is 5.91 Å². The molecule has 0 fully saturated rings. The van der Waals surface area contributed by atoms with Gasteiger partial charge in [-0.05, 0) is 66.6 Å². The number of ether oxygens (including phenoxy) is 3. The molecule has 8 nitrogen and oxygen atoms in total. The second-order valence-corrected chi connectivity index (χ2v) is 9.85. The molecule has 0 spiro atoms. The van der Waals surface area contributed by atoms with Gasteiger partial charge in [-0.1, -0.05) is 24.3 Å². The third kappa shape index (κ3) is 8.49. The molecule has 0 aliphatic carbocycles. The molecule has 0 saturated heterocycles. The highest BCUT2D eigenvalue weighted by molar-refractivity contribution is 7.10. The second-order valence-electron chi connectivity index (χ2n) is 8.85. The summed E-state index contributed by atoms with van der Waals surface area (Å²) in [5.74, 6) is 1.20. The van der Waals surface area contributed by atoms with Gasteiger partial charge in [-0.25, -0.2) is 4.79 Å². The molecule has 1 heterocycles. The van der Waals surface area contributed by atoms with E-state index in [2.05, 4.69) is 11.4 Å². The van der Waals surface area contributed by atoms with Crippen molar-refractivity contribution in [1.82, 2.24) is 9.80 Å². The highest BCUT2D eigenvalue weighted by atomic mass is 32.1. The highest BCUT2D eigenvalue weighted by Gasteiger charge is 2.22. The van der Waals surface area contributed by atoms with Crippen LogP contribution < -0.4 is 14.8 Å². The fourth-order valence-corrected chi connectivity index (χ4v) is 4.89. The minimum atomic E-state index is -0.312. The summed E-state index contributed by atoms with van der Waals surface area (Å²) in [6, 6.07) is 16.8. The van der Waals surface area contributed by atoms with Gasteiger partial charge in [0.05, 0.1) is 20.8 Å². The number of benzene rings is 2. The number of rotatable bonds is 14. The maximum atomic E-state index is 13.7. The van der Waals surface area contributed by atoms with Gasteiger partial charge in [0.1, 0.15) is 6.54 Å². The Kier molecular flexibility index (Phi) is 11.4. The van der Waals surface area contributed by atoms with Gasteiger partial charge in [-0.3, -0.25) is 4.79 Å². The molecule has 1 aromatic heterocycles. The maximum Gasteiger partial charge on any atom is 0.322 e. The molecule has 204 valence electrons. The monoisotopic (exact) mass is 539 g/mol. The molecule has 1 N–H and O–H groups in total. The molecule has 0 aliphatic rings. The van der Waals surface area contributed by atoms with Crippen LogP contribution in [0.1, 0.15) is 22.4 Å². The van der Waals surface area contributed by atoms with Crippen molar-refractivity contribution in [2.24, 2.45) is 0 Å². The van der Waals surface area contributed by atoms with Crippen molar-refractivity contribution in [1.29, 1.82) is 0 Å². The molecular weight excluding hydrogens is 502 g/mol. The van der Waals surface area contributed by atoms with Gasteiger partial charge in [-0.15, -0.1) is 11.3 Å². The fraction of sp³-hybridized carbons (Fsp3) is 0.379. The van der Waals surface area contributed by atoms with Crippen molar-refractivity contribution >= 4 is 29.0 Å². The molecule has 0 aliphatic heterocycles. The summed E-state index contributed by atoms with van der Waals surface area (Å²) >= 11 is 1.63. The third-order valence-corrected chi connectivity index (χ3v) is 7.20. The van der Waals surface area contributed by atoms with E-state index in [-0.39, 0.29) is 18.5 Å². The number of nitrogens with one attached hydrogen (secondary N) is 1. The molecule has 0 bridgehead atoms. The van der Waals surface area contributed by atoms with Crippen LogP contribution >= 0.6 is 11.3 Å². The average molecular weight is 540 g/mol. The van der Waals surface area contributed by atoms with Crippen LogP contribution in [-0.4, -0.2) is 69.3 Å². The zero-order valence-corrected chi connectivity index (χ0v) is 23.4. The number of amides is 3. The molecule has 9 heteroatoms. The fourth-order valence-electron chi connectivity index (χ4n) is 3.97. The normalized spacial score (nSPS) is 10.6. The van der Waals surface area contributed by atoms with E-state index in [1.165, 1.54) is 0 Å². The Bertz CT molecular complexity index is 1170. The Balaban J connectivity index is 1.76. The molecule has 0 saturated carbocycles. The number of carbonyl (C=O) groups is 2. The summed E-state index contributed by atoms with van der Waals surface area (Å²) in [5.41, 5.74) is 2.86. The summed E-state index contributed by atoms with van der Waals surface area (Å²) in [4.78, 5) is 31.3. The van der Waals surface area contributed by atoms with Crippen LogP contribution in [0.3, 0.4) is 0 Å². The smallest absolute Gasteiger partial charge is 0.322 e. The first-order valence-corrected chi connectivity index (χ1v) is 13.4. The number of urea groups is 1. The van der Waals surface area contributed by atoms with E-state index in [0.717, 1.165) is 16.0 Å². The van der Waals surface area contributed by atoms with Crippen LogP contribution in [0.4, 0.5) is 10.5 Å². The number of hydrogen-bond donors (Lipinski definition) is 1. The van der Waals surface area contributed by atoms with Crippen molar-refractivity contribution in [3.63, 3.8) is 0 Å². The topological polar surface area (TPSA) is 80.3 Å². The lowest BCUT2D eigenvalue weighted by molar-refractivity contribution is -0.132. The van der Waals surface area contributed by atoms with E-state index < -0.39 is 0 Å². The van der Waals surface area contributed by atoms with Crippen molar-refractivity contribution < 1.29 is 23.8 Å². The minimum absolute atomic E-state index is 0.0290. The first-order chi connectivity index (χ1) is 18.4. The zero-order chi connectivity index (χ0) is 27.3. The Labute approximate surface area is 229 Å². The minimum Gasteiger partial charge on any atom is -0.493 e. The number of nitrogens with zero attached hydrogens (tertiary/aromatic N) is 2. The number of methoxy groups -OCH3 is 3. The molecule has 38 heavy (non-hydrogen) atoms. The van der Waals surface area contributed by atoms with Crippen molar-refractivity contribution in [2.75, 3.05) is 52.9 Å². The van der Waals surface area contributed by atoms with Gasteiger partial charge in [0, 0.05) is 37.4 Å². The van der Waals surface area contributed by atoms with E-state index in [1.54, 1.807) is 37.6 Å². The lowest BCUT2D eigenvalue weighted by Gasteiger charge is -2.28. The van der Waals surface area contributed by atoms with E-state index in [4.69, 9.17) is 14.2 Å². The summed E-state index contributed by atoms with van der Waals surface area (Å²) < 4.78 is 16.0. The predicted octanol–water partition coefficient (Wildman–Crippen LogP) is 5.22. The van der Waals surface area contributed by atoms with Crippen LogP contribution in [0, 0.1) is 6.92 Å². The van der Waals surface area contributed by atoms with E-state index in [0.29, 0.717) is 56.3 Å². The molecule has 0 unspecified atom stereocenters. The lowest BCUT2D eigenvalue weighted by atomic mass is 10.1. The molecular formula is C29H37N3O5S. The number of hydrogen-bond acceptors (Lipinski definition) is 6. The SMILES string of the molecule is COCCCN(CC(=O)N(CCc1ccc(OC)c(OC)c1)Cc1sccc1C)C(=O)Nc1ccccc1. The molecule has 0 radical (unpaired) electrons. The van der Waals surface area contributed by atoms with Crippen LogP contribution in [0.5, 0.6) is 11.5 Å². The maximum absolute atomic E-state index is 13.7. The average Bonchev–Trinajstić information content (AvgIpc) is 3.34. The van der Waals surface area contributed by atoms with Crippen molar-refractivity contribution in [2.45, 2.75) is 26.3 Å². The van der Waals surface area contributed by atoms with E-state index in [1.807, 2.05) is 65.7 Å². The third-order valence-electron chi connectivity index (χ3n) is 6.19. The van der Waals surface area contributed by atoms with Crippen LogP contribution in [0.25, 0.3) is 0 Å². The van der Waals surface area contributed by atoms with Crippen molar-refractivity contribution in [3.05, 3.63) is 76.0 Å². The summed E-state index contributed by atoms with van der Waals surface area (Å²) in [7, 11) is 4.84. The van der Waals surface area contributed by atoms with E-state index >= 15 is 0 Å². The van der Waals surface area contributed by atoms with Crippen molar-refractivity contribution in [3.8, 4) is 11.5 Å². The Morgan fingerprint density at radius 2 is 1.68 bits per heavy atom. The number of para-hydroxylation sites is 1. The summed E-state index contributed by atoms with van der Waals surface area (Å²) in [6.45, 7) is 3.91. The first kappa shape index (κ1) is 29.0. The quantitative estimate of drug-likeness (QED) is 0.284. The van der Waals surface area contributed by atoms with Gasteiger partial charge >= 0.3 is 6.03 Å². The standard InChI is InChI=1S/C29H37N3O5S/c1-22-14-18-38-27(22)20-31(16-13-23-11-12-25(36-3)26(19-23)37-4)28(33)21-32(15-8-17-35-2)29(34)30-24-9-6-5-7-10-24/h5-7,9-12,14,18-19H,8,13,15-17,20-21H2,1-4H3,(H,30,34). The molecule has 3 rings (SSSR count). The molecule has 3 aromatic rings. The number of carbonyl (C=O) groups excluding carboxylic acids is 2. The summed E-state index contributed by atoms with van der Waals surface area (Å²) in [5, 5.41) is 4.93. The zero-order valence-electron chi connectivity index (χ0n) is 22.6. The summed E-state index contributed by atoms with van der Waals surface area (Å²) in [6.07, 6.45) is 1.26. The number of aryl methyl sites for hydroxylation is 1. The molecule has 2 aromatic carbocycles. The molecule has 3 amide bonds. The number of anilines is 1. The first-order valence-electron chi connectivity index (χ1n) is 12.6. The Morgan fingerprint density at radius 3 is 2.34 bits per heavy atom. The van der Waals surface area contributed by atoms with Crippen LogP contribution in [0.2, 0.25) is 0 Å². The van der Waals surface area contributed by atoms with Crippen LogP contribution in [-0.2, 0) is 22.5 Å².